The van der Waals surface area contributed by atoms with Gasteiger partial charge in [-0.15, -0.1) is 11.3 Å². The van der Waals surface area contributed by atoms with Gasteiger partial charge in [0.1, 0.15) is 0 Å². The molecule has 1 unspecified atom stereocenters. The first kappa shape index (κ1) is 12.4. The van der Waals surface area contributed by atoms with Crippen molar-refractivity contribution < 1.29 is 5.11 Å². The quantitative estimate of drug-likeness (QED) is 0.867. The van der Waals surface area contributed by atoms with Crippen LogP contribution < -0.4 is 0 Å². The predicted molar refractivity (Wildman–Crippen MR) is 79.1 cm³/mol. The van der Waals surface area contributed by atoms with Gasteiger partial charge in [0.15, 0.2) is 0 Å². The fraction of sp³-hybridized carbons (Fsp3) is 0.333. The maximum Gasteiger partial charge on any atom is 0.0838 e. The van der Waals surface area contributed by atoms with Crippen LogP contribution in [-0.4, -0.2) is 5.11 Å². The Kier molecular flexibility index (Phi) is 3.55. The standard InChI is InChI=1S/C15H15BrOS/c16-15-8-7-13(18-15)9-14(17)12-5-3-11(4-6-12)10-1-2-10/h3-8,10,14,17H,1-2,9H2. The summed E-state index contributed by atoms with van der Waals surface area (Å²) in [7, 11) is 0. The zero-order valence-corrected chi connectivity index (χ0v) is 12.4. The predicted octanol–water partition coefficient (Wildman–Crippen LogP) is 4.66. The first-order valence-electron chi connectivity index (χ1n) is 6.24. The molecule has 3 rings (SSSR count). The highest BCUT2D eigenvalue weighted by atomic mass is 79.9. The van der Waals surface area contributed by atoms with Crippen LogP contribution in [0.5, 0.6) is 0 Å². The fourth-order valence-corrected chi connectivity index (χ4v) is 3.70. The molecule has 2 aromatic rings. The molecule has 1 saturated carbocycles. The van der Waals surface area contributed by atoms with Crippen LogP contribution in [0.15, 0.2) is 40.2 Å². The van der Waals surface area contributed by atoms with Crippen LogP contribution in [0.3, 0.4) is 0 Å². The highest BCUT2D eigenvalue weighted by Crippen LogP contribution is 2.40. The third kappa shape index (κ3) is 2.85. The monoisotopic (exact) mass is 322 g/mol. The van der Waals surface area contributed by atoms with E-state index in [2.05, 4.69) is 46.3 Å². The summed E-state index contributed by atoms with van der Waals surface area (Å²) in [6.07, 6.45) is 2.94. The van der Waals surface area contributed by atoms with Gasteiger partial charge >= 0.3 is 0 Å². The van der Waals surface area contributed by atoms with Crippen LogP contribution in [0.25, 0.3) is 0 Å². The van der Waals surface area contributed by atoms with Crippen molar-refractivity contribution in [3.05, 3.63) is 56.2 Å². The summed E-state index contributed by atoms with van der Waals surface area (Å²) in [6.45, 7) is 0. The summed E-state index contributed by atoms with van der Waals surface area (Å²) < 4.78 is 1.12. The second-order valence-electron chi connectivity index (χ2n) is 4.87. The topological polar surface area (TPSA) is 20.2 Å². The molecule has 1 N–H and O–H groups in total. The first-order chi connectivity index (χ1) is 8.72. The molecule has 0 bridgehead atoms. The van der Waals surface area contributed by atoms with Gasteiger partial charge in [-0.05, 0) is 57.9 Å². The van der Waals surface area contributed by atoms with Crippen LogP contribution in [0, 0.1) is 0 Å². The lowest BCUT2D eigenvalue weighted by Gasteiger charge is -2.10. The van der Waals surface area contributed by atoms with Gasteiger partial charge < -0.3 is 5.11 Å². The lowest BCUT2D eigenvalue weighted by molar-refractivity contribution is 0.179. The van der Waals surface area contributed by atoms with Gasteiger partial charge in [0.05, 0.1) is 9.89 Å². The Morgan fingerprint density at radius 3 is 2.44 bits per heavy atom. The zero-order valence-electron chi connectivity index (χ0n) is 9.97. The summed E-state index contributed by atoms with van der Waals surface area (Å²) in [4.78, 5) is 1.21. The molecular formula is C15H15BrOS. The van der Waals surface area contributed by atoms with Crippen molar-refractivity contribution in [3.63, 3.8) is 0 Å². The summed E-state index contributed by atoms with van der Waals surface area (Å²) in [5.41, 5.74) is 2.44. The first-order valence-corrected chi connectivity index (χ1v) is 7.85. The molecule has 3 heteroatoms. The SMILES string of the molecule is OC(Cc1ccc(Br)s1)c1ccc(C2CC2)cc1. The molecular weight excluding hydrogens is 308 g/mol. The van der Waals surface area contributed by atoms with E-state index in [1.54, 1.807) is 11.3 Å². The Hall–Kier alpha value is -0.640. The van der Waals surface area contributed by atoms with E-state index in [1.165, 1.54) is 23.3 Å². The maximum absolute atomic E-state index is 10.2. The Bertz CT molecular complexity index is 528. The Labute approximate surface area is 120 Å². The van der Waals surface area contributed by atoms with Crippen LogP contribution >= 0.6 is 27.3 Å². The molecule has 0 aliphatic heterocycles. The molecule has 0 radical (unpaired) electrons. The number of thiophene rings is 1. The number of hydrogen-bond acceptors (Lipinski definition) is 2. The molecule has 94 valence electrons. The van der Waals surface area contributed by atoms with Crippen LogP contribution in [0.1, 0.15) is 40.9 Å². The van der Waals surface area contributed by atoms with Gasteiger partial charge in [0.25, 0.3) is 0 Å². The summed E-state index contributed by atoms with van der Waals surface area (Å²) >= 11 is 5.13. The van der Waals surface area contributed by atoms with Crippen molar-refractivity contribution in [1.29, 1.82) is 0 Å². The van der Waals surface area contributed by atoms with Gasteiger partial charge in [-0.3, -0.25) is 0 Å². The average Bonchev–Trinajstić information content (AvgIpc) is 3.14. The van der Waals surface area contributed by atoms with Crippen LogP contribution in [0.2, 0.25) is 0 Å². The van der Waals surface area contributed by atoms with E-state index in [-0.39, 0.29) is 0 Å². The van der Waals surface area contributed by atoms with Crippen molar-refractivity contribution in [2.24, 2.45) is 0 Å². The third-order valence-corrected chi connectivity index (χ3v) is 5.04. The summed E-state index contributed by atoms with van der Waals surface area (Å²) in [5, 5.41) is 10.2. The number of benzene rings is 1. The summed E-state index contributed by atoms with van der Waals surface area (Å²) in [6, 6.07) is 12.6. The molecule has 1 fully saturated rings. The minimum absolute atomic E-state index is 0.399. The normalized spacial score (nSPS) is 16.8. The fourth-order valence-electron chi connectivity index (χ4n) is 2.18. The van der Waals surface area contributed by atoms with E-state index in [0.29, 0.717) is 6.42 Å². The van der Waals surface area contributed by atoms with E-state index in [4.69, 9.17) is 0 Å². The maximum atomic E-state index is 10.2. The van der Waals surface area contributed by atoms with Crippen molar-refractivity contribution in [1.82, 2.24) is 0 Å². The number of rotatable bonds is 4. The molecule has 1 aromatic carbocycles. The number of hydrogen-bond donors (Lipinski definition) is 1. The van der Waals surface area contributed by atoms with Crippen molar-refractivity contribution in [3.8, 4) is 0 Å². The molecule has 1 aliphatic rings. The molecule has 1 aromatic heterocycles. The van der Waals surface area contributed by atoms with Gasteiger partial charge in [0.2, 0.25) is 0 Å². The highest BCUT2D eigenvalue weighted by Gasteiger charge is 2.23. The molecule has 1 heterocycles. The number of aliphatic hydroxyl groups is 1. The van der Waals surface area contributed by atoms with Gasteiger partial charge in [0, 0.05) is 11.3 Å². The second kappa shape index (κ2) is 5.16. The summed E-state index contributed by atoms with van der Waals surface area (Å²) in [5.74, 6) is 0.782. The highest BCUT2D eigenvalue weighted by molar-refractivity contribution is 9.11. The lowest BCUT2D eigenvalue weighted by Crippen LogP contribution is -2.00. The largest absolute Gasteiger partial charge is 0.388 e. The van der Waals surface area contributed by atoms with E-state index in [9.17, 15) is 5.11 Å². The van der Waals surface area contributed by atoms with Crippen molar-refractivity contribution in [2.45, 2.75) is 31.3 Å². The van der Waals surface area contributed by atoms with Gasteiger partial charge in [-0.25, -0.2) is 0 Å². The number of halogens is 1. The molecule has 0 saturated heterocycles. The van der Waals surface area contributed by atoms with E-state index < -0.39 is 6.10 Å². The smallest absolute Gasteiger partial charge is 0.0838 e. The van der Waals surface area contributed by atoms with E-state index >= 15 is 0 Å². The van der Waals surface area contributed by atoms with E-state index in [0.717, 1.165) is 15.3 Å². The molecule has 0 spiro atoms. The molecule has 1 nitrogen and oxygen atoms in total. The van der Waals surface area contributed by atoms with Gasteiger partial charge in [-0.1, -0.05) is 24.3 Å². The lowest BCUT2D eigenvalue weighted by atomic mass is 10.0. The number of aliphatic hydroxyl groups excluding tert-OH is 1. The Balaban J connectivity index is 1.69. The van der Waals surface area contributed by atoms with Crippen LogP contribution in [-0.2, 0) is 6.42 Å². The third-order valence-electron chi connectivity index (χ3n) is 3.39. The van der Waals surface area contributed by atoms with Gasteiger partial charge in [-0.2, -0.15) is 0 Å². The molecule has 1 atom stereocenters. The molecule has 1 aliphatic carbocycles. The van der Waals surface area contributed by atoms with Crippen molar-refractivity contribution >= 4 is 27.3 Å². The molecule has 0 amide bonds. The minimum atomic E-state index is -0.399. The average molecular weight is 323 g/mol. The Morgan fingerprint density at radius 1 is 1.17 bits per heavy atom. The second-order valence-corrected chi connectivity index (χ2v) is 7.41. The van der Waals surface area contributed by atoms with Crippen LogP contribution in [0.4, 0.5) is 0 Å². The van der Waals surface area contributed by atoms with E-state index in [1.807, 2.05) is 6.07 Å². The minimum Gasteiger partial charge on any atom is -0.388 e. The molecule has 18 heavy (non-hydrogen) atoms. The zero-order chi connectivity index (χ0) is 12.5. The Morgan fingerprint density at radius 2 is 1.89 bits per heavy atom. The van der Waals surface area contributed by atoms with Crippen molar-refractivity contribution in [2.75, 3.05) is 0 Å².